The molecule has 0 aliphatic carbocycles. The number of aliphatic hydroxyl groups is 1. The summed E-state index contributed by atoms with van der Waals surface area (Å²) in [6.07, 6.45) is 0. The quantitative estimate of drug-likeness (QED) is 0.275. The minimum atomic E-state index is -0.668. The molecule has 38 heavy (non-hydrogen) atoms. The van der Waals surface area contributed by atoms with Crippen LogP contribution in [-0.2, 0) is 20.9 Å². The summed E-state index contributed by atoms with van der Waals surface area (Å²) in [5, 5.41) is 11.3. The molecule has 2 aliphatic heterocycles. The van der Waals surface area contributed by atoms with Crippen molar-refractivity contribution in [1.29, 1.82) is 0 Å². The molecule has 2 heterocycles. The van der Waals surface area contributed by atoms with Crippen LogP contribution in [0.2, 0.25) is 0 Å². The molecule has 1 N–H and O–H groups in total. The fourth-order valence-corrected chi connectivity index (χ4v) is 5.00. The Morgan fingerprint density at radius 3 is 2.39 bits per heavy atom. The van der Waals surface area contributed by atoms with Gasteiger partial charge in [-0.25, -0.2) is 0 Å². The molecule has 0 bridgehead atoms. The number of amides is 1. The van der Waals surface area contributed by atoms with Crippen molar-refractivity contribution in [1.82, 2.24) is 9.80 Å². The van der Waals surface area contributed by atoms with Crippen molar-refractivity contribution >= 4 is 17.4 Å². The normalized spacial score (nSPS) is 19.6. The van der Waals surface area contributed by atoms with Gasteiger partial charge in [0.05, 0.1) is 24.8 Å². The van der Waals surface area contributed by atoms with E-state index < -0.39 is 17.7 Å². The number of carbonyl (C=O) groups excluding carboxylic acids is 2. The van der Waals surface area contributed by atoms with Gasteiger partial charge in [-0.1, -0.05) is 60.2 Å². The number of hydrogen-bond donors (Lipinski definition) is 1. The second-order valence-corrected chi connectivity index (χ2v) is 9.66. The molecule has 196 valence electrons. The number of benzene rings is 3. The topological polar surface area (TPSA) is 79.3 Å². The Morgan fingerprint density at radius 1 is 0.947 bits per heavy atom. The van der Waals surface area contributed by atoms with Crippen LogP contribution in [0.4, 0.5) is 0 Å². The van der Waals surface area contributed by atoms with E-state index in [0.717, 1.165) is 24.2 Å². The van der Waals surface area contributed by atoms with E-state index in [4.69, 9.17) is 9.47 Å². The third-order valence-corrected chi connectivity index (χ3v) is 7.03. The van der Waals surface area contributed by atoms with Gasteiger partial charge in [0, 0.05) is 31.7 Å². The van der Waals surface area contributed by atoms with Gasteiger partial charge in [-0.05, 0) is 42.3 Å². The maximum Gasteiger partial charge on any atom is 0.295 e. The lowest BCUT2D eigenvalue weighted by atomic mass is 9.95. The van der Waals surface area contributed by atoms with Gasteiger partial charge < -0.3 is 19.5 Å². The Bertz CT molecular complexity index is 1310. The van der Waals surface area contributed by atoms with Gasteiger partial charge in [0.1, 0.15) is 18.1 Å². The Balaban J connectivity index is 1.39. The number of ketones is 1. The van der Waals surface area contributed by atoms with Crippen molar-refractivity contribution in [3.05, 3.63) is 107 Å². The minimum Gasteiger partial charge on any atom is -0.507 e. The average molecular weight is 513 g/mol. The number of rotatable bonds is 8. The molecule has 3 aromatic carbocycles. The Kier molecular flexibility index (Phi) is 7.86. The maximum atomic E-state index is 13.3. The van der Waals surface area contributed by atoms with Crippen LogP contribution in [0.15, 0.2) is 84.4 Å². The molecule has 0 aromatic heterocycles. The van der Waals surface area contributed by atoms with Gasteiger partial charge in [-0.2, -0.15) is 0 Å². The first-order chi connectivity index (χ1) is 18.5. The number of aryl methyl sites for hydroxylation is 1. The molecule has 3 aromatic rings. The summed E-state index contributed by atoms with van der Waals surface area (Å²) in [4.78, 5) is 30.2. The first-order valence-corrected chi connectivity index (χ1v) is 12.9. The summed E-state index contributed by atoms with van der Waals surface area (Å²) < 4.78 is 11.3. The fraction of sp³-hybridized carbons (Fsp3) is 0.290. The molecule has 2 saturated heterocycles. The zero-order valence-electron chi connectivity index (χ0n) is 21.5. The number of carbonyl (C=O) groups is 2. The highest BCUT2D eigenvalue weighted by Gasteiger charge is 2.46. The van der Waals surface area contributed by atoms with E-state index >= 15 is 0 Å². The highest BCUT2D eigenvalue weighted by atomic mass is 16.5. The molecular weight excluding hydrogens is 480 g/mol. The summed E-state index contributed by atoms with van der Waals surface area (Å²) >= 11 is 0. The van der Waals surface area contributed by atoms with Gasteiger partial charge in [-0.3, -0.25) is 14.5 Å². The van der Waals surface area contributed by atoms with E-state index in [0.29, 0.717) is 44.2 Å². The summed E-state index contributed by atoms with van der Waals surface area (Å²) in [5.74, 6) is -0.796. The molecule has 1 amide bonds. The number of aliphatic hydroxyl groups excluding tert-OH is 1. The molecule has 1 unspecified atom stereocenters. The zero-order valence-corrected chi connectivity index (χ0v) is 21.5. The predicted molar refractivity (Wildman–Crippen MR) is 145 cm³/mol. The lowest BCUT2D eigenvalue weighted by Gasteiger charge is -2.31. The van der Waals surface area contributed by atoms with Gasteiger partial charge in [0.15, 0.2) is 0 Å². The van der Waals surface area contributed by atoms with Crippen LogP contribution in [0.5, 0.6) is 5.75 Å². The molecule has 7 heteroatoms. The number of likely N-dealkylation sites (tertiary alicyclic amines) is 1. The maximum absolute atomic E-state index is 13.3. The van der Waals surface area contributed by atoms with Crippen molar-refractivity contribution in [2.24, 2.45) is 0 Å². The molecular formula is C31H32N2O5. The largest absolute Gasteiger partial charge is 0.507 e. The first kappa shape index (κ1) is 25.7. The third-order valence-electron chi connectivity index (χ3n) is 7.03. The second kappa shape index (κ2) is 11.6. The highest BCUT2D eigenvalue weighted by Crippen LogP contribution is 2.39. The van der Waals surface area contributed by atoms with Crippen LogP contribution in [0.25, 0.3) is 5.76 Å². The number of ether oxygens (including phenoxy) is 2. The SMILES string of the molecule is Cc1cccc(COc2ccc(/C(O)=C3/C(=O)C(=O)N(CCN4CCOCC4)C3c3ccccc3)cc2)c1. The van der Waals surface area contributed by atoms with Crippen LogP contribution < -0.4 is 4.74 Å². The third kappa shape index (κ3) is 5.64. The second-order valence-electron chi connectivity index (χ2n) is 9.66. The van der Waals surface area contributed by atoms with Crippen LogP contribution in [0.3, 0.4) is 0 Å². The molecule has 0 spiro atoms. The van der Waals surface area contributed by atoms with Crippen LogP contribution in [-0.4, -0.2) is 66.0 Å². The van der Waals surface area contributed by atoms with Crippen LogP contribution in [0, 0.1) is 6.92 Å². The molecule has 5 rings (SSSR count). The van der Waals surface area contributed by atoms with Crippen molar-refractivity contribution < 1.29 is 24.2 Å². The zero-order chi connectivity index (χ0) is 26.5. The van der Waals surface area contributed by atoms with Gasteiger partial charge in [0.2, 0.25) is 0 Å². The van der Waals surface area contributed by atoms with Gasteiger partial charge >= 0.3 is 0 Å². The van der Waals surface area contributed by atoms with Crippen molar-refractivity contribution in [3.8, 4) is 5.75 Å². The Morgan fingerprint density at radius 2 is 1.68 bits per heavy atom. The van der Waals surface area contributed by atoms with Crippen LogP contribution in [0.1, 0.15) is 28.3 Å². The average Bonchev–Trinajstić information content (AvgIpc) is 3.21. The van der Waals surface area contributed by atoms with E-state index in [9.17, 15) is 14.7 Å². The Hall–Kier alpha value is -3.94. The lowest BCUT2D eigenvalue weighted by Crippen LogP contribution is -2.42. The molecule has 1 atom stereocenters. The highest BCUT2D eigenvalue weighted by molar-refractivity contribution is 6.46. The van der Waals surface area contributed by atoms with Crippen LogP contribution >= 0.6 is 0 Å². The van der Waals surface area contributed by atoms with Gasteiger partial charge in [-0.15, -0.1) is 0 Å². The molecule has 7 nitrogen and oxygen atoms in total. The predicted octanol–water partition coefficient (Wildman–Crippen LogP) is 4.33. The number of nitrogens with zero attached hydrogens (tertiary/aromatic N) is 2. The van der Waals surface area contributed by atoms with Gasteiger partial charge in [0.25, 0.3) is 11.7 Å². The summed E-state index contributed by atoms with van der Waals surface area (Å²) in [6, 6.07) is 23.8. The minimum absolute atomic E-state index is 0.108. The monoisotopic (exact) mass is 512 g/mol. The molecule has 2 fully saturated rings. The summed E-state index contributed by atoms with van der Waals surface area (Å²) in [6.45, 7) is 6.37. The fourth-order valence-electron chi connectivity index (χ4n) is 5.00. The number of hydrogen-bond acceptors (Lipinski definition) is 6. The summed E-state index contributed by atoms with van der Waals surface area (Å²) in [7, 11) is 0. The molecule has 2 aliphatic rings. The number of Topliss-reactive ketones (excluding diaryl/α,β-unsaturated/α-hetero) is 1. The van der Waals surface area contributed by atoms with E-state index in [-0.39, 0.29) is 11.3 Å². The Labute approximate surface area is 222 Å². The van der Waals surface area contributed by atoms with Crippen molar-refractivity contribution in [3.63, 3.8) is 0 Å². The molecule has 0 radical (unpaired) electrons. The first-order valence-electron chi connectivity index (χ1n) is 12.9. The smallest absolute Gasteiger partial charge is 0.295 e. The lowest BCUT2D eigenvalue weighted by molar-refractivity contribution is -0.140. The van der Waals surface area contributed by atoms with E-state index in [2.05, 4.69) is 11.0 Å². The van der Waals surface area contributed by atoms with Crippen molar-refractivity contribution in [2.45, 2.75) is 19.6 Å². The molecule has 0 saturated carbocycles. The van der Waals surface area contributed by atoms with E-state index in [1.165, 1.54) is 5.56 Å². The summed E-state index contributed by atoms with van der Waals surface area (Å²) in [5.41, 5.74) is 3.59. The van der Waals surface area contributed by atoms with Crippen molar-refractivity contribution in [2.75, 3.05) is 39.4 Å². The standard InChI is InChI=1S/C31H32N2O5/c1-22-6-5-7-23(20-22)21-38-26-12-10-25(11-13-26)29(34)27-28(24-8-3-2-4-9-24)33(31(36)30(27)35)15-14-32-16-18-37-19-17-32/h2-13,20,28,34H,14-19,21H2,1H3/b29-27-. The van der Waals surface area contributed by atoms with E-state index in [1.54, 1.807) is 29.2 Å². The number of morpholine rings is 1. The van der Waals surface area contributed by atoms with E-state index in [1.807, 2.05) is 55.5 Å².